The van der Waals surface area contributed by atoms with Gasteiger partial charge in [-0.3, -0.25) is 4.79 Å². The number of sulfone groups is 1. The summed E-state index contributed by atoms with van der Waals surface area (Å²) in [6.45, 7) is 1.20. The molecule has 0 saturated carbocycles. The van der Waals surface area contributed by atoms with Gasteiger partial charge in [-0.1, -0.05) is 0 Å². The second kappa shape index (κ2) is 3.49. The Labute approximate surface area is 81.5 Å². The minimum Gasteiger partial charge on any atom is -0.294 e. The Morgan fingerprint density at radius 3 is 2.36 bits per heavy atom. The molecule has 0 aliphatic rings. The topological polar surface area (TPSA) is 51.2 Å². The van der Waals surface area contributed by atoms with Gasteiger partial charge < -0.3 is 0 Å². The van der Waals surface area contributed by atoms with Crippen molar-refractivity contribution in [2.24, 2.45) is 0 Å². The lowest BCUT2D eigenvalue weighted by atomic mass is 10.1. The summed E-state index contributed by atoms with van der Waals surface area (Å²) >= 11 is 0. The zero-order valence-electron chi connectivity index (χ0n) is 7.74. The molecule has 0 saturated heterocycles. The summed E-state index contributed by atoms with van der Waals surface area (Å²) in [6, 6.07) is 3.04. The number of carbonyl (C=O) groups is 1. The minimum absolute atomic E-state index is 0.104. The van der Waals surface area contributed by atoms with Crippen molar-refractivity contribution in [1.82, 2.24) is 0 Å². The smallest absolute Gasteiger partial charge is 0.176 e. The van der Waals surface area contributed by atoms with Gasteiger partial charge in [-0.2, -0.15) is 0 Å². The van der Waals surface area contributed by atoms with Crippen LogP contribution >= 0.6 is 0 Å². The first-order valence-corrected chi connectivity index (χ1v) is 5.72. The van der Waals surface area contributed by atoms with Crippen molar-refractivity contribution in [2.75, 3.05) is 6.26 Å². The highest BCUT2D eigenvalue weighted by molar-refractivity contribution is 7.90. The normalized spacial score (nSPS) is 11.4. The molecule has 0 unspecified atom stereocenters. The van der Waals surface area contributed by atoms with E-state index in [1.807, 2.05) is 0 Å². The summed E-state index contributed by atoms with van der Waals surface area (Å²) in [5.74, 6) is -1.09. The lowest BCUT2D eigenvalue weighted by Crippen LogP contribution is -2.06. The maximum absolute atomic E-state index is 12.7. The fraction of sp³-hybridized carbons (Fsp3) is 0.222. The Bertz CT molecular complexity index is 477. The maximum Gasteiger partial charge on any atom is 0.176 e. The number of carbonyl (C=O) groups excluding carboxylic acids is 1. The number of Topliss-reactive ketones (excluding diaryl/α,β-unsaturated/α-hetero) is 1. The highest BCUT2D eigenvalue weighted by Crippen LogP contribution is 2.17. The van der Waals surface area contributed by atoms with Gasteiger partial charge in [0.1, 0.15) is 5.82 Å². The number of hydrogen-bond acceptors (Lipinski definition) is 3. The molecule has 0 amide bonds. The van der Waals surface area contributed by atoms with Crippen molar-refractivity contribution in [1.29, 1.82) is 0 Å². The molecule has 14 heavy (non-hydrogen) atoms. The van der Waals surface area contributed by atoms with Crippen molar-refractivity contribution >= 4 is 15.6 Å². The van der Waals surface area contributed by atoms with Crippen molar-refractivity contribution in [2.45, 2.75) is 11.8 Å². The first-order valence-electron chi connectivity index (χ1n) is 3.83. The fourth-order valence-corrected chi connectivity index (χ4v) is 2.02. The summed E-state index contributed by atoms with van der Waals surface area (Å²) < 4.78 is 35.1. The van der Waals surface area contributed by atoms with Crippen LogP contribution in [0.2, 0.25) is 0 Å². The Morgan fingerprint density at radius 2 is 1.93 bits per heavy atom. The summed E-state index contributed by atoms with van der Waals surface area (Å²) in [5, 5.41) is 0. The van der Waals surface area contributed by atoms with Crippen LogP contribution in [0.1, 0.15) is 17.3 Å². The van der Waals surface area contributed by atoms with Crippen molar-refractivity contribution in [3.05, 3.63) is 29.6 Å². The number of rotatable bonds is 2. The highest BCUT2D eigenvalue weighted by Gasteiger charge is 2.16. The second-order valence-electron chi connectivity index (χ2n) is 2.97. The molecule has 0 bridgehead atoms. The molecule has 1 rings (SSSR count). The van der Waals surface area contributed by atoms with E-state index in [1.54, 1.807) is 0 Å². The van der Waals surface area contributed by atoms with Crippen molar-refractivity contribution < 1.29 is 17.6 Å². The Morgan fingerprint density at radius 1 is 1.36 bits per heavy atom. The van der Waals surface area contributed by atoms with Gasteiger partial charge in [-0.05, 0) is 25.1 Å². The molecule has 0 spiro atoms. The molecule has 3 nitrogen and oxygen atoms in total. The number of benzene rings is 1. The van der Waals surface area contributed by atoms with E-state index >= 15 is 0 Å². The molecule has 0 aromatic heterocycles. The zero-order valence-corrected chi connectivity index (χ0v) is 8.56. The molecule has 0 heterocycles. The Hall–Kier alpha value is -1.23. The number of ketones is 1. The van der Waals surface area contributed by atoms with E-state index in [1.165, 1.54) is 6.92 Å². The third-order valence-electron chi connectivity index (χ3n) is 1.72. The predicted molar refractivity (Wildman–Crippen MR) is 49.5 cm³/mol. The molecule has 1 aromatic carbocycles. The molecular weight excluding hydrogens is 207 g/mol. The lowest BCUT2D eigenvalue weighted by molar-refractivity contribution is 0.101. The van der Waals surface area contributed by atoms with Crippen LogP contribution in [0.4, 0.5) is 4.39 Å². The summed E-state index contributed by atoms with van der Waals surface area (Å²) in [4.78, 5) is 10.9. The monoisotopic (exact) mass is 216 g/mol. The van der Waals surface area contributed by atoms with E-state index in [0.717, 1.165) is 24.5 Å². The van der Waals surface area contributed by atoms with Crippen LogP contribution < -0.4 is 0 Å². The number of halogens is 1. The van der Waals surface area contributed by atoms with E-state index in [9.17, 15) is 17.6 Å². The molecular formula is C9H9FO3S. The second-order valence-corrected chi connectivity index (χ2v) is 4.95. The molecule has 76 valence electrons. The van der Waals surface area contributed by atoms with Gasteiger partial charge in [-0.25, -0.2) is 12.8 Å². The largest absolute Gasteiger partial charge is 0.294 e. The molecule has 1 aromatic rings. The van der Waals surface area contributed by atoms with Crippen LogP contribution in [0.3, 0.4) is 0 Å². The molecule has 0 atom stereocenters. The van der Waals surface area contributed by atoms with Gasteiger partial charge in [0.25, 0.3) is 0 Å². The van der Waals surface area contributed by atoms with E-state index in [0.29, 0.717) is 0 Å². The van der Waals surface area contributed by atoms with E-state index < -0.39 is 21.4 Å². The molecule has 0 N–H and O–H groups in total. The summed E-state index contributed by atoms with van der Waals surface area (Å²) in [7, 11) is -3.48. The molecule has 0 aliphatic carbocycles. The van der Waals surface area contributed by atoms with Gasteiger partial charge in [0.05, 0.1) is 4.90 Å². The van der Waals surface area contributed by atoms with Crippen LogP contribution in [0.15, 0.2) is 23.1 Å². The van der Waals surface area contributed by atoms with Gasteiger partial charge in [0.2, 0.25) is 0 Å². The summed E-state index contributed by atoms with van der Waals surface area (Å²) in [6.07, 6.45) is 0.979. The predicted octanol–water partition coefficient (Wildman–Crippen LogP) is 1.43. The first kappa shape index (κ1) is 10.8. The van der Waals surface area contributed by atoms with E-state index in [4.69, 9.17) is 0 Å². The van der Waals surface area contributed by atoms with E-state index in [2.05, 4.69) is 0 Å². The highest BCUT2D eigenvalue weighted by atomic mass is 32.2. The standard InChI is InChI=1S/C9H9FO3S/c1-6(11)8-5-7(10)3-4-9(8)14(2,12)13/h3-5H,1-2H3. The quantitative estimate of drug-likeness (QED) is 0.555. The van der Waals surface area contributed by atoms with Crippen LogP contribution in [0.25, 0.3) is 0 Å². The zero-order chi connectivity index (χ0) is 10.9. The molecule has 0 fully saturated rings. The van der Waals surface area contributed by atoms with Crippen LogP contribution in [0.5, 0.6) is 0 Å². The molecule has 5 heteroatoms. The Kier molecular flexibility index (Phi) is 2.71. The summed E-state index contributed by atoms with van der Waals surface area (Å²) in [5.41, 5.74) is -0.104. The van der Waals surface area contributed by atoms with Gasteiger partial charge >= 0.3 is 0 Å². The average Bonchev–Trinajstić information content (AvgIpc) is 2.01. The van der Waals surface area contributed by atoms with Crippen LogP contribution in [-0.4, -0.2) is 20.5 Å². The van der Waals surface area contributed by atoms with Crippen LogP contribution in [-0.2, 0) is 9.84 Å². The van der Waals surface area contributed by atoms with Crippen LogP contribution in [0, 0.1) is 5.82 Å². The fourth-order valence-electron chi connectivity index (χ4n) is 1.10. The third-order valence-corrected chi connectivity index (χ3v) is 2.88. The van der Waals surface area contributed by atoms with Crippen molar-refractivity contribution in [3.8, 4) is 0 Å². The van der Waals surface area contributed by atoms with E-state index in [-0.39, 0.29) is 10.5 Å². The third kappa shape index (κ3) is 2.17. The average molecular weight is 216 g/mol. The minimum atomic E-state index is -3.48. The maximum atomic E-state index is 12.7. The Balaban J connectivity index is 3.53. The molecule has 0 radical (unpaired) electrons. The SMILES string of the molecule is CC(=O)c1cc(F)ccc1S(C)(=O)=O. The van der Waals surface area contributed by atoms with Gasteiger partial charge in [0.15, 0.2) is 15.6 Å². The van der Waals surface area contributed by atoms with Crippen molar-refractivity contribution in [3.63, 3.8) is 0 Å². The van der Waals surface area contributed by atoms with Gasteiger partial charge in [0, 0.05) is 11.8 Å². The first-order chi connectivity index (χ1) is 6.32. The molecule has 0 aliphatic heterocycles. The number of hydrogen-bond donors (Lipinski definition) is 0. The van der Waals surface area contributed by atoms with Gasteiger partial charge in [-0.15, -0.1) is 0 Å². The lowest BCUT2D eigenvalue weighted by Gasteiger charge is -2.04.